The van der Waals surface area contributed by atoms with Crippen molar-refractivity contribution in [2.24, 2.45) is 0 Å². The van der Waals surface area contributed by atoms with Gasteiger partial charge in [-0.15, -0.1) is 0 Å². The second-order valence-corrected chi connectivity index (χ2v) is 5.29. The Morgan fingerprint density at radius 1 is 1.33 bits per heavy atom. The van der Waals surface area contributed by atoms with E-state index in [0.717, 1.165) is 18.2 Å². The van der Waals surface area contributed by atoms with Crippen LogP contribution in [-0.4, -0.2) is 46.5 Å². The van der Waals surface area contributed by atoms with Crippen LogP contribution in [0.15, 0.2) is 0 Å². The van der Waals surface area contributed by atoms with Crippen LogP contribution < -0.4 is 0 Å². The number of carbonyl (C=O) groups excluding carboxylic acids is 1. The molecule has 0 heterocycles. The van der Waals surface area contributed by atoms with E-state index >= 15 is 0 Å². The molecule has 0 radical (unpaired) electrons. The van der Waals surface area contributed by atoms with Gasteiger partial charge in [-0.3, -0.25) is 9.59 Å². The van der Waals surface area contributed by atoms with E-state index in [-0.39, 0.29) is 16.4 Å². The molecule has 0 aliphatic carbocycles. The van der Waals surface area contributed by atoms with Gasteiger partial charge >= 0.3 is 5.97 Å². The maximum absolute atomic E-state index is 11.3. The Labute approximate surface area is 95.0 Å². The van der Waals surface area contributed by atoms with Crippen molar-refractivity contribution in [3.8, 4) is 0 Å². The van der Waals surface area contributed by atoms with Crippen molar-refractivity contribution in [3.63, 3.8) is 0 Å². The summed E-state index contributed by atoms with van der Waals surface area (Å²) in [6.45, 7) is 4.12. The molecule has 0 saturated heterocycles. The summed E-state index contributed by atoms with van der Waals surface area (Å²) < 4.78 is 0. The summed E-state index contributed by atoms with van der Waals surface area (Å²) in [6.07, 6.45) is 1.16. The van der Waals surface area contributed by atoms with Gasteiger partial charge in [-0.1, -0.05) is 11.8 Å². The largest absolute Gasteiger partial charge is 0.481 e. The molecule has 15 heavy (non-hydrogen) atoms. The van der Waals surface area contributed by atoms with E-state index in [1.807, 2.05) is 14.1 Å². The summed E-state index contributed by atoms with van der Waals surface area (Å²) >= 11 is 0.880. The highest BCUT2D eigenvalue weighted by Crippen LogP contribution is 2.19. The van der Waals surface area contributed by atoms with Gasteiger partial charge in [0.1, 0.15) is 0 Å². The second-order valence-electron chi connectivity index (χ2n) is 4.26. The molecule has 0 fully saturated rings. The number of thioether (sulfide) groups is 1. The van der Waals surface area contributed by atoms with E-state index in [9.17, 15) is 9.59 Å². The molecule has 0 unspecified atom stereocenters. The molecule has 0 spiro atoms. The van der Waals surface area contributed by atoms with Crippen molar-refractivity contribution >= 4 is 22.8 Å². The average Bonchev–Trinajstić information content (AvgIpc) is 2.11. The topological polar surface area (TPSA) is 57.6 Å². The molecule has 0 saturated carbocycles. The van der Waals surface area contributed by atoms with E-state index in [1.165, 1.54) is 0 Å². The molecule has 0 aromatic heterocycles. The minimum atomic E-state index is -0.944. The lowest BCUT2D eigenvalue weighted by Crippen LogP contribution is -2.38. The first kappa shape index (κ1) is 14.5. The van der Waals surface area contributed by atoms with Crippen LogP contribution in [0, 0.1) is 0 Å². The molecule has 0 bridgehead atoms. The third-order valence-electron chi connectivity index (χ3n) is 2.51. The SMILES string of the molecule is CN(C)C(C)(C)CCC(=O)SCC(=O)O. The van der Waals surface area contributed by atoms with Gasteiger partial charge in [-0.25, -0.2) is 0 Å². The number of nitrogens with zero attached hydrogens (tertiary/aromatic N) is 1. The van der Waals surface area contributed by atoms with Gasteiger partial charge in [-0.05, 0) is 34.4 Å². The first-order chi connectivity index (χ1) is 6.75. The van der Waals surface area contributed by atoms with Crippen LogP contribution in [-0.2, 0) is 9.59 Å². The van der Waals surface area contributed by atoms with Crippen LogP contribution in [0.3, 0.4) is 0 Å². The van der Waals surface area contributed by atoms with E-state index in [0.29, 0.717) is 6.42 Å². The van der Waals surface area contributed by atoms with Crippen molar-refractivity contribution in [2.45, 2.75) is 32.2 Å². The fourth-order valence-corrected chi connectivity index (χ4v) is 1.38. The Balaban J connectivity index is 3.85. The first-order valence-electron chi connectivity index (χ1n) is 4.80. The molecule has 0 atom stereocenters. The van der Waals surface area contributed by atoms with Gasteiger partial charge in [-0.2, -0.15) is 0 Å². The Bertz CT molecular complexity index is 239. The van der Waals surface area contributed by atoms with E-state index in [4.69, 9.17) is 5.11 Å². The average molecular weight is 233 g/mol. The lowest BCUT2D eigenvalue weighted by atomic mass is 9.98. The zero-order valence-corrected chi connectivity index (χ0v) is 10.6. The van der Waals surface area contributed by atoms with Crippen LogP contribution in [0.25, 0.3) is 0 Å². The minimum absolute atomic E-state index is 0.0283. The summed E-state index contributed by atoms with van der Waals surface area (Å²) in [5, 5.41) is 8.35. The lowest BCUT2D eigenvalue weighted by Gasteiger charge is -2.32. The van der Waals surface area contributed by atoms with Gasteiger partial charge in [0.05, 0.1) is 5.75 Å². The zero-order chi connectivity index (χ0) is 12.1. The number of carbonyl (C=O) groups is 2. The molecule has 4 nitrogen and oxygen atoms in total. The fraction of sp³-hybridized carbons (Fsp3) is 0.800. The predicted octanol–water partition coefficient (Wildman–Crippen LogP) is 1.45. The van der Waals surface area contributed by atoms with E-state index < -0.39 is 5.97 Å². The highest BCUT2D eigenvalue weighted by molar-refractivity contribution is 8.14. The van der Waals surface area contributed by atoms with Crippen LogP contribution in [0.5, 0.6) is 0 Å². The Hall–Kier alpha value is -0.550. The highest BCUT2D eigenvalue weighted by Gasteiger charge is 2.21. The summed E-state index contributed by atoms with van der Waals surface area (Å²) in [5.41, 5.74) is -0.0283. The van der Waals surface area contributed by atoms with E-state index in [1.54, 1.807) is 0 Å². The van der Waals surface area contributed by atoms with Crippen LogP contribution in [0.4, 0.5) is 0 Å². The van der Waals surface area contributed by atoms with Crippen molar-refractivity contribution < 1.29 is 14.7 Å². The molecule has 5 heteroatoms. The molecule has 1 N–H and O–H groups in total. The van der Waals surface area contributed by atoms with Gasteiger partial charge in [0.15, 0.2) is 5.12 Å². The molecule has 0 aliphatic rings. The number of aliphatic carboxylic acids is 1. The molecule has 0 aromatic carbocycles. The van der Waals surface area contributed by atoms with Crippen LogP contribution in [0.2, 0.25) is 0 Å². The van der Waals surface area contributed by atoms with Crippen LogP contribution >= 0.6 is 11.8 Å². The quantitative estimate of drug-likeness (QED) is 0.752. The second kappa shape index (κ2) is 6.12. The number of carboxylic acids is 1. The Kier molecular flexibility index (Phi) is 5.90. The summed E-state index contributed by atoms with van der Waals surface area (Å²) in [4.78, 5) is 23.6. The van der Waals surface area contributed by atoms with E-state index in [2.05, 4.69) is 18.7 Å². The molecular formula is C10H19NO3S. The number of hydrogen-bond donors (Lipinski definition) is 1. The van der Waals surface area contributed by atoms with Gasteiger partial charge in [0.2, 0.25) is 0 Å². The van der Waals surface area contributed by atoms with Crippen molar-refractivity contribution in [2.75, 3.05) is 19.8 Å². The van der Waals surface area contributed by atoms with Gasteiger partial charge < -0.3 is 10.0 Å². The zero-order valence-electron chi connectivity index (χ0n) is 9.74. The maximum atomic E-state index is 11.3. The maximum Gasteiger partial charge on any atom is 0.313 e. The third kappa shape index (κ3) is 6.52. The Morgan fingerprint density at radius 3 is 2.27 bits per heavy atom. The van der Waals surface area contributed by atoms with Crippen LogP contribution in [0.1, 0.15) is 26.7 Å². The minimum Gasteiger partial charge on any atom is -0.481 e. The molecular weight excluding hydrogens is 214 g/mol. The normalized spacial score (nSPS) is 11.8. The number of carboxylic acid groups (broad SMARTS) is 1. The highest BCUT2D eigenvalue weighted by atomic mass is 32.2. The fourth-order valence-electron chi connectivity index (χ4n) is 0.846. The predicted molar refractivity (Wildman–Crippen MR) is 62.1 cm³/mol. The van der Waals surface area contributed by atoms with Gasteiger partial charge in [0.25, 0.3) is 0 Å². The molecule has 0 rings (SSSR count). The van der Waals surface area contributed by atoms with Gasteiger partial charge in [0, 0.05) is 12.0 Å². The molecule has 0 aromatic rings. The number of hydrogen-bond acceptors (Lipinski definition) is 4. The number of rotatable bonds is 6. The van der Waals surface area contributed by atoms with Crippen molar-refractivity contribution in [1.29, 1.82) is 0 Å². The van der Waals surface area contributed by atoms with Crippen molar-refractivity contribution in [3.05, 3.63) is 0 Å². The molecule has 0 aliphatic heterocycles. The molecule has 88 valence electrons. The third-order valence-corrected chi connectivity index (χ3v) is 3.43. The first-order valence-corrected chi connectivity index (χ1v) is 5.79. The van der Waals surface area contributed by atoms with Crippen molar-refractivity contribution in [1.82, 2.24) is 4.90 Å². The Morgan fingerprint density at radius 2 is 1.87 bits per heavy atom. The summed E-state index contributed by atoms with van der Waals surface area (Å²) in [5.74, 6) is -1.08. The standard InChI is InChI=1S/C10H19NO3S/c1-10(2,11(3)4)6-5-9(14)15-7-8(12)13/h5-7H2,1-4H3,(H,12,13). The monoisotopic (exact) mass is 233 g/mol. The summed E-state index contributed by atoms with van der Waals surface area (Å²) in [6, 6.07) is 0. The smallest absolute Gasteiger partial charge is 0.313 e. The summed E-state index contributed by atoms with van der Waals surface area (Å²) in [7, 11) is 3.93. The molecule has 0 amide bonds. The lowest BCUT2D eigenvalue weighted by molar-refractivity contribution is -0.134.